The molecule has 1 N–H and O–H groups in total. The van der Waals surface area contributed by atoms with E-state index in [2.05, 4.69) is 10.3 Å². The van der Waals surface area contributed by atoms with Gasteiger partial charge < -0.3 is 10.2 Å². The van der Waals surface area contributed by atoms with Gasteiger partial charge in [0.15, 0.2) is 17.5 Å². The molecular weight excluding hydrogens is 367 g/mol. The number of hydrogen-bond acceptors (Lipinski definition) is 3. The van der Waals surface area contributed by atoms with Crippen LogP contribution in [-0.2, 0) is 6.54 Å². The number of carbonyl (C=O) groups excluding carboxylic acids is 1. The predicted octanol–water partition coefficient (Wildman–Crippen LogP) is 4.90. The third kappa shape index (κ3) is 4.31. The van der Waals surface area contributed by atoms with Crippen molar-refractivity contribution in [1.29, 1.82) is 0 Å². The highest BCUT2D eigenvalue weighted by Gasteiger charge is 2.17. The van der Waals surface area contributed by atoms with Gasteiger partial charge in [-0.3, -0.25) is 9.78 Å². The van der Waals surface area contributed by atoms with Crippen LogP contribution in [-0.4, -0.2) is 22.3 Å². The van der Waals surface area contributed by atoms with Crippen LogP contribution in [0.4, 0.5) is 24.5 Å². The maximum absolute atomic E-state index is 13.9. The molecule has 0 saturated heterocycles. The zero-order valence-electron chi connectivity index (χ0n) is 15.1. The van der Waals surface area contributed by atoms with Crippen LogP contribution in [0.3, 0.4) is 0 Å². The van der Waals surface area contributed by atoms with Crippen LogP contribution in [0.25, 0.3) is 0 Å². The van der Waals surface area contributed by atoms with Crippen molar-refractivity contribution in [2.24, 2.45) is 0 Å². The zero-order chi connectivity index (χ0) is 20.1. The number of benzene rings is 2. The Balaban J connectivity index is 1.80. The van der Waals surface area contributed by atoms with E-state index in [4.69, 9.17) is 0 Å². The van der Waals surface area contributed by atoms with Gasteiger partial charge in [0.1, 0.15) is 5.69 Å². The third-order valence-corrected chi connectivity index (χ3v) is 4.18. The summed E-state index contributed by atoms with van der Waals surface area (Å²) in [7, 11) is 0. The van der Waals surface area contributed by atoms with Crippen LogP contribution in [0.15, 0.2) is 60.8 Å². The first-order chi connectivity index (χ1) is 13.5. The summed E-state index contributed by atoms with van der Waals surface area (Å²) in [5, 5.41) is 2.65. The van der Waals surface area contributed by atoms with Gasteiger partial charge in [-0.1, -0.05) is 30.3 Å². The number of carbonyl (C=O) groups is 1. The van der Waals surface area contributed by atoms with E-state index in [0.717, 1.165) is 17.7 Å². The van der Waals surface area contributed by atoms with E-state index in [0.29, 0.717) is 18.8 Å². The zero-order valence-corrected chi connectivity index (χ0v) is 15.1. The fraction of sp³-hybridized carbons (Fsp3) is 0.143. The molecule has 0 spiro atoms. The molecule has 0 aliphatic rings. The Kier molecular flexibility index (Phi) is 5.93. The molecule has 0 aliphatic heterocycles. The van der Waals surface area contributed by atoms with Crippen molar-refractivity contribution >= 4 is 17.3 Å². The molecule has 3 rings (SSSR count). The molecule has 7 heteroatoms. The molecule has 3 aromatic rings. The minimum atomic E-state index is -1.56. The second-order valence-corrected chi connectivity index (χ2v) is 6.08. The minimum absolute atomic E-state index is 0.158. The molecule has 1 aromatic heterocycles. The maximum Gasteiger partial charge on any atom is 0.272 e. The average Bonchev–Trinajstić information content (AvgIpc) is 2.73. The second-order valence-electron chi connectivity index (χ2n) is 6.08. The van der Waals surface area contributed by atoms with Crippen LogP contribution < -0.4 is 5.32 Å². The summed E-state index contributed by atoms with van der Waals surface area (Å²) in [6.45, 7) is 2.76. The smallest absolute Gasteiger partial charge is 0.272 e. The molecule has 0 aliphatic carbocycles. The fourth-order valence-corrected chi connectivity index (χ4v) is 2.70. The lowest BCUT2D eigenvalue weighted by Gasteiger charge is -2.21. The molecule has 0 fully saturated rings. The number of nitrogens with zero attached hydrogens (tertiary/aromatic N) is 2. The molecule has 0 atom stereocenters. The standard InChI is InChI=1S/C21H18F3N3O/c1-2-27(13-14-6-4-3-5-7-14)21(28)18-12-15(10-11-25-18)26-17-9-8-16(22)19(23)20(17)24/h3-12H,2,13H2,1H3,(H,25,26). The summed E-state index contributed by atoms with van der Waals surface area (Å²) in [5.41, 5.74) is 1.24. The van der Waals surface area contributed by atoms with Crippen molar-refractivity contribution in [3.05, 3.63) is 89.5 Å². The molecule has 4 nitrogen and oxygen atoms in total. The number of rotatable bonds is 6. The Morgan fingerprint density at radius 2 is 1.79 bits per heavy atom. The molecule has 0 saturated carbocycles. The van der Waals surface area contributed by atoms with E-state index in [9.17, 15) is 18.0 Å². The van der Waals surface area contributed by atoms with Gasteiger partial charge in [-0.25, -0.2) is 13.2 Å². The molecule has 0 unspecified atom stereocenters. The van der Waals surface area contributed by atoms with Crippen LogP contribution in [0.2, 0.25) is 0 Å². The molecule has 0 radical (unpaired) electrons. The Morgan fingerprint density at radius 3 is 2.50 bits per heavy atom. The van der Waals surface area contributed by atoms with E-state index < -0.39 is 17.5 Å². The lowest BCUT2D eigenvalue weighted by Crippen LogP contribution is -2.31. The van der Waals surface area contributed by atoms with E-state index in [-0.39, 0.29) is 17.3 Å². The van der Waals surface area contributed by atoms with Gasteiger partial charge in [0, 0.05) is 25.0 Å². The monoisotopic (exact) mass is 385 g/mol. The van der Waals surface area contributed by atoms with Crippen LogP contribution in [0.5, 0.6) is 0 Å². The van der Waals surface area contributed by atoms with E-state index in [1.807, 2.05) is 37.3 Å². The number of anilines is 2. The lowest BCUT2D eigenvalue weighted by molar-refractivity contribution is 0.0746. The normalized spacial score (nSPS) is 10.6. The predicted molar refractivity (Wildman–Crippen MR) is 101 cm³/mol. The summed E-state index contributed by atoms with van der Waals surface area (Å²) < 4.78 is 40.3. The minimum Gasteiger partial charge on any atom is -0.353 e. The number of amides is 1. The van der Waals surface area contributed by atoms with E-state index in [1.54, 1.807) is 4.90 Å². The van der Waals surface area contributed by atoms with Gasteiger partial charge in [-0.05, 0) is 36.8 Å². The first-order valence-electron chi connectivity index (χ1n) is 8.69. The summed E-state index contributed by atoms with van der Waals surface area (Å²) in [4.78, 5) is 18.5. The van der Waals surface area contributed by atoms with Crippen molar-refractivity contribution in [1.82, 2.24) is 9.88 Å². The number of nitrogens with one attached hydrogen (secondary N) is 1. The summed E-state index contributed by atoms with van der Waals surface area (Å²) in [6.07, 6.45) is 1.39. The average molecular weight is 385 g/mol. The van der Waals surface area contributed by atoms with Gasteiger partial charge in [-0.15, -0.1) is 0 Å². The molecule has 28 heavy (non-hydrogen) atoms. The maximum atomic E-state index is 13.9. The molecule has 1 amide bonds. The largest absolute Gasteiger partial charge is 0.353 e. The highest BCUT2D eigenvalue weighted by molar-refractivity contribution is 5.93. The Morgan fingerprint density at radius 1 is 1.04 bits per heavy atom. The van der Waals surface area contributed by atoms with Gasteiger partial charge >= 0.3 is 0 Å². The third-order valence-electron chi connectivity index (χ3n) is 4.18. The summed E-state index contributed by atoms with van der Waals surface area (Å²) >= 11 is 0. The molecule has 1 heterocycles. The highest BCUT2D eigenvalue weighted by atomic mass is 19.2. The Labute approximate surface area is 160 Å². The number of pyridine rings is 1. The van der Waals surface area contributed by atoms with Gasteiger partial charge in [0.25, 0.3) is 5.91 Å². The quantitative estimate of drug-likeness (QED) is 0.614. The van der Waals surface area contributed by atoms with Crippen LogP contribution in [0, 0.1) is 17.5 Å². The Bertz CT molecular complexity index is 980. The van der Waals surface area contributed by atoms with Crippen molar-refractivity contribution in [3.63, 3.8) is 0 Å². The first kappa shape index (κ1) is 19.4. The summed E-state index contributed by atoms with van der Waals surface area (Å²) in [6, 6.07) is 14.4. The van der Waals surface area contributed by atoms with Crippen molar-refractivity contribution in [3.8, 4) is 0 Å². The number of aromatic nitrogens is 1. The van der Waals surface area contributed by atoms with Crippen LogP contribution >= 0.6 is 0 Å². The number of hydrogen-bond donors (Lipinski definition) is 1. The summed E-state index contributed by atoms with van der Waals surface area (Å²) in [5.74, 6) is -4.45. The lowest BCUT2D eigenvalue weighted by atomic mass is 10.2. The molecule has 0 bridgehead atoms. The molecule has 144 valence electrons. The number of halogens is 3. The van der Waals surface area contributed by atoms with E-state index >= 15 is 0 Å². The molecule has 2 aromatic carbocycles. The molecular formula is C21H18F3N3O. The van der Waals surface area contributed by atoms with Crippen molar-refractivity contribution in [2.75, 3.05) is 11.9 Å². The fourth-order valence-electron chi connectivity index (χ4n) is 2.70. The van der Waals surface area contributed by atoms with Crippen LogP contribution in [0.1, 0.15) is 23.0 Å². The van der Waals surface area contributed by atoms with Crippen molar-refractivity contribution < 1.29 is 18.0 Å². The van der Waals surface area contributed by atoms with Gasteiger partial charge in [0.05, 0.1) is 5.69 Å². The second kappa shape index (κ2) is 8.56. The first-order valence-corrected chi connectivity index (χ1v) is 8.69. The SMILES string of the molecule is CCN(Cc1ccccc1)C(=O)c1cc(Nc2ccc(F)c(F)c2F)ccn1. The van der Waals surface area contributed by atoms with Gasteiger partial charge in [-0.2, -0.15) is 0 Å². The Hall–Kier alpha value is -3.35. The topological polar surface area (TPSA) is 45.2 Å². The van der Waals surface area contributed by atoms with E-state index in [1.165, 1.54) is 18.3 Å². The van der Waals surface area contributed by atoms with Gasteiger partial charge in [0.2, 0.25) is 0 Å². The highest BCUT2D eigenvalue weighted by Crippen LogP contribution is 2.24. The van der Waals surface area contributed by atoms with Crippen molar-refractivity contribution in [2.45, 2.75) is 13.5 Å².